The lowest BCUT2D eigenvalue weighted by molar-refractivity contribution is -0.660. The molecular weight excluding hydrogens is 458 g/mol. The van der Waals surface area contributed by atoms with Gasteiger partial charge in [-0.2, -0.15) is 0 Å². The molecule has 1 heterocycles. The van der Waals surface area contributed by atoms with E-state index in [9.17, 15) is 0 Å². The predicted octanol–water partition coefficient (Wildman–Crippen LogP) is 8.53. The van der Waals surface area contributed by atoms with Crippen LogP contribution in [0, 0.1) is 34.4 Å². The normalized spacial score (nSPS) is 17.3. The summed E-state index contributed by atoms with van der Waals surface area (Å²) in [6.45, 7) is -4.28. The van der Waals surface area contributed by atoms with E-state index in [1.807, 2.05) is 12.1 Å². The highest BCUT2D eigenvalue weighted by Gasteiger charge is 2.35. The van der Waals surface area contributed by atoms with Crippen molar-refractivity contribution in [3.63, 3.8) is 0 Å². The number of benzene rings is 4. The maximum atomic E-state index is 8.50. The van der Waals surface area contributed by atoms with Crippen molar-refractivity contribution < 1.29 is 16.9 Å². The molecule has 0 saturated heterocycles. The summed E-state index contributed by atoms with van der Waals surface area (Å²) < 4.78 is 77.8. The summed E-state index contributed by atoms with van der Waals surface area (Å²) in [5.41, 5.74) is 12.3. The van der Waals surface area contributed by atoms with Crippen molar-refractivity contribution in [1.29, 1.82) is 0 Å². The number of rotatable bonds is 2. The molecule has 0 bridgehead atoms. The van der Waals surface area contributed by atoms with Crippen molar-refractivity contribution in [2.75, 3.05) is 0 Å². The molecule has 0 N–H and O–H groups in total. The fourth-order valence-corrected chi connectivity index (χ4v) is 6.80. The number of aromatic nitrogens is 1. The fraction of sp³-hybridized carbons (Fsp3) is 0.216. The Bertz CT molecular complexity index is 2100. The van der Waals surface area contributed by atoms with Crippen LogP contribution in [0.5, 0.6) is 0 Å². The van der Waals surface area contributed by atoms with Crippen LogP contribution < -0.4 is 4.57 Å². The van der Waals surface area contributed by atoms with Gasteiger partial charge in [-0.15, -0.1) is 0 Å². The number of nitrogens with zero attached hydrogens (tertiary/aromatic N) is 1. The van der Waals surface area contributed by atoms with E-state index in [1.165, 1.54) is 51.7 Å². The lowest BCUT2D eigenvalue weighted by Crippen LogP contribution is -2.32. The maximum absolute atomic E-state index is 8.50. The zero-order valence-corrected chi connectivity index (χ0v) is 21.8. The molecule has 0 fully saturated rings. The van der Waals surface area contributed by atoms with Crippen molar-refractivity contribution in [3.05, 3.63) is 123 Å². The number of pyridine rings is 1. The van der Waals surface area contributed by atoms with Gasteiger partial charge >= 0.3 is 0 Å². The number of fused-ring (bicyclic) bond motifs is 7. The second kappa shape index (κ2) is 8.27. The molecule has 4 aromatic carbocycles. The SMILES string of the molecule is [2H]C([2H])([2H])c1c[n+](C)c(-c2c(C)c3c(c4c2Cc2ccccc2-4)Cc2ccccc2-3)cc1-c1c(C([2H])([2H])[2H])cc(C)cc1C([2H])([2H])[2H]. The van der Waals surface area contributed by atoms with Gasteiger partial charge in [-0.1, -0.05) is 66.2 Å². The van der Waals surface area contributed by atoms with Crippen LogP contribution in [0.3, 0.4) is 0 Å². The summed E-state index contributed by atoms with van der Waals surface area (Å²) in [6.07, 6.45) is 3.03. The molecule has 1 heteroatoms. The summed E-state index contributed by atoms with van der Waals surface area (Å²) in [5.74, 6) is 0. The standard InChI is InChI=1S/C37H34N/c1-21-15-22(2)34(23(3)16-21)30-19-33(38(6)20-24(30)4)36-25(5)35-28-13-9-7-11-26(28)17-31(35)37-29-14-10-8-12-27(29)18-32(36)37/h7-16,19-20H,17-18H2,1-6H3/q+1/i2D3,3D3,4D3. The van der Waals surface area contributed by atoms with Gasteiger partial charge in [0, 0.05) is 24.0 Å². The molecule has 0 atom stereocenters. The van der Waals surface area contributed by atoms with E-state index in [1.54, 1.807) is 24.6 Å². The Kier molecular flexibility index (Phi) is 3.36. The highest BCUT2D eigenvalue weighted by molar-refractivity contribution is 5.97. The van der Waals surface area contributed by atoms with Crippen molar-refractivity contribution in [2.45, 2.75) is 47.2 Å². The van der Waals surface area contributed by atoms with Crippen LogP contribution in [0.4, 0.5) is 0 Å². The third-order valence-electron chi connectivity index (χ3n) is 8.35. The highest BCUT2D eigenvalue weighted by Crippen LogP contribution is 2.53. The Hall–Kier alpha value is -3.97. The van der Waals surface area contributed by atoms with Gasteiger partial charge in [0.25, 0.3) is 0 Å². The van der Waals surface area contributed by atoms with Crippen LogP contribution in [0.2, 0.25) is 0 Å². The second-order valence-electron chi connectivity index (χ2n) is 10.7. The van der Waals surface area contributed by atoms with Crippen LogP contribution in [-0.2, 0) is 19.9 Å². The molecular formula is C37H34N+. The Morgan fingerprint density at radius 1 is 0.632 bits per heavy atom. The molecule has 7 rings (SSSR count). The number of hydrogen-bond acceptors (Lipinski definition) is 0. The van der Waals surface area contributed by atoms with E-state index < -0.39 is 20.6 Å². The van der Waals surface area contributed by atoms with Gasteiger partial charge in [-0.05, 0) is 120 Å². The molecule has 0 saturated carbocycles. The van der Waals surface area contributed by atoms with Crippen LogP contribution in [0.25, 0.3) is 44.6 Å². The maximum Gasteiger partial charge on any atom is 0.213 e. The first kappa shape index (κ1) is 15.4. The second-order valence-corrected chi connectivity index (χ2v) is 10.7. The largest absolute Gasteiger partial charge is 0.213 e. The van der Waals surface area contributed by atoms with Crippen LogP contribution >= 0.6 is 0 Å². The molecule has 5 aromatic rings. The number of aryl methyl sites for hydroxylation is 5. The van der Waals surface area contributed by atoms with Crippen LogP contribution in [-0.4, -0.2) is 0 Å². The fourth-order valence-electron chi connectivity index (χ4n) is 6.80. The van der Waals surface area contributed by atoms with E-state index in [-0.39, 0.29) is 27.8 Å². The topological polar surface area (TPSA) is 3.88 Å². The smallest absolute Gasteiger partial charge is 0.201 e. The third-order valence-corrected chi connectivity index (χ3v) is 8.35. The average Bonchev–Trinajstić information content (AvgIpc) is 3.55. The van der Waals surface area contributed by atoms with E-state index in [0.29, 0.717) is 17.7 Å². The summed E-state index contributed by atoms with van der Waals surface area (Å²) in [6, 6.07) is 21.4. The Labute approximate surface area is 239 Å². The van der Waals surface area contributed by atoms with E-state index >= 15 is 0 Å². The van der Waals surface area contributed by atoms with Crippen molar-refractivity contribution in [2.24, 2.45) is 7.05 Å². The zero-order valence-electron chi connectivity index (χ0n) is 30.8. The van der Waals surface area contributed by atoms with Gasteiger partial charge in [0.05, 0.1) is 5.56 Å². The van der Waals surface area contributed by atoms with Crippen molar-refractivity contribution >= 4 is 0 Å². The van der Waals surface area contributed by atoms with Crippen LogP contribution in [0.15, 0.2) is 72.9 Å². The average molecular weight is 502 g/mol. The van der Waals surface area contributed by atoms with Gasteiger partial charge in [-0.25, -0.2) is 4.57 Å². The molecule has 0 unspecified atom stereocenters. The zero-order chi connectivity index (χ0) is 33.8. The Morgan fingerprint density at radius 3 is 1.84 bits per heavy atom. The summed E-state index contributed by atoms with van der Waals surface area (Å²) in [7, 11) is 1.80. The van der Waals surface area contributed by atoms with Gasteiger partial charge in [0.1, 0.15) is 7.05 Å². The number of hydrogen-bond donors (Lipinski definition) is 0. The van der Waals surface area contributed by atoms with E-state index in [2.05, 4.69) is 43.3 Å². The minimum absolute atomic E-state index is 0.0623. The molecule has 38 heavy (non-hydrogen) atoms. The van der Waals surface area contributed by atoms with E-state index in [4.69, 9.17) is 12.3 Å². The van der Waals surface area contributed by atoms with Gasteiger partial charge in [0.15, 0.2) is 6.20 Å². The summed E-state index contributed by atoms with van der Waals surface area (Å²) in [4.78, 5) is 0. The van der Waals surface area contributed by atoms with Gasteiger partial charge in [-0.3, -0.25) is 0 Å². The van der Waals surface area contributed by atoms with Gasteiger partial charge < -0.3 is 0 Å². The Balaban J connectivity index is 1.63. The minimum atomic E-state index is -2.69. The summed E-state index contributed by atoms with van der Waals surface area (Å²) in [5, 5.41) is 0. The highest BCUT2D eigenvalue weighted by atomic mass is 14.9. The van der Waals surface area contributed by atoms with Crippen molar-refractivity contribution in [1.82, 2.24) is 0 Å². The molecule has 2 aliphatic carbocycles. The minimum Gasteiger partial charge on any atom is -0.201 e. The first-order chi connectivity index (χ1) is 22.0. The third kappa shape index (κ3) is 3.21. The molecule has 0 spiro atoms. The molecule has 0 amide bonds. The molecule has 0 aliphatic heterocycles. The first-order valence-electron chi connectivity index (χ1n) is 17.5. The van der Waals surface area contributed by atoms with Gasteiger partial charge in [0.2, 0.25) is 5.69 Å². The molecule has 2 aliphatic rings. The monoisotopic (exact) mass is 501 g/mol. The molecule has 186 valence electrons. The summed E-state index contributed by atoms with van der Waals surface area (Å²) >= 11 is 0. The Morgan fingerprint density at radius 2 is 1.21 bits per heavy atom. The first-order valence-corrected chi connectivity index (χ1v) is 13.0. The van der Waals surface area contributed by atoms with Crippen molar-refractivity contribution in [3.8, 4) is 44.6 Å². The molecule has 1 nitrogen and oxygen atoms in total. The quantitative estimate of drug-likeness (QED) is 0.209. The van der Waals surface area contributed by atoms with Crippen LogP contribution in [0.1, 0.15) is 62.4 Å². The lowest BCUT2D eigenvalue weighted by atomic mass is 9.84. The predicted molar refractivity (Wildman–Crippen MR) is 159 cm³/mol. The lowest BCUT2D eigenvalue weighted by Gasteiger charge is -2.19. The molecule has 1 aromatic heterocycles. The molecule has 0 radical (unpaired) electrons. The van der Waals surface area contributed by atoms with E-state index in [0.717, 1.165) is 28.7 Å².